The lowest BCUT2D eigenvalue weighted by Gasteiger charge is -2.24. The lowest BCUT2D eigenvalue weighted by molar-refractivity contribution is -0.870. The van der Waals surface area contributed by atoms with Crippen LogP contribution >= 0.6 is 7.82 Å². The first-order valence-electron chi connectivity index (χ1n) is 24.4. The lowest BCUT2D eigenvalue weighted by Crippen LogP contribution is -2.37. The summed E-state index contributed by atoms with van der Waals surface area (Å²) in [6, 6.07) is 0. The Hall–Kier alpha value is -2.03. The van der Waals surface area contributed by atoms with Crippen LogP contribution in [0.5, 0.6) is 0 Å². The van der Waals surface area contributed by atoms with E-state index in [2.05, 4.69) is 62.5 Å². The first-order valence-corrected chi connectivity index (χ1v) is 25.9. The van der Waals surface area contributed by atoms with Gasteiger partial charge in [-0.05, 0) is 70.6 Å². The van der Waals surface area contributed by atoms with Crippen LogP contribution in [0.1, 0.15) is 206 Å². The number of phosphoric ester groups is 1. The topological polar surface area (TPSA) is 108 Å². The van der Waals surface area contributed by atoms with E-state index in [-0.39, 0.29) is 32.0 Å². The maximum Gasteiger partial charge on any atom is 0.472 e. The van der Waals surface area contributed by atoms with E-state index in [1.165, 1.54) is 109 Å². The van der Waals surface area contributed by atoms with Crippen LogP contribution in [0, 0.1) is 0 Å². The van der Waals surface area contributed by atoms with Gasteiger partial charge in [-0.15, -0.1) is 0 Å². The SMILES string of the molecule is CC/C=C\C/C=C\C/C=C\CCCCCCCCCC(=O)OC(COC(=O)CCCCCCCCCCC/C=C\CCCCCCCC)COP(=O)(O)OCC[N+](C)(C)C. The van der Waals surface area contributed by atoms with Gasteiger partial charge in [-0.25, -0.2) is 4.57 Å². The molecular formula is C50H93NO8P+. The number of allylic oxidation sites excluding steroid dienone is 8. The van der Waals surface area contributed by atoms with E-state index in [9.17, 15) is 19.0 Å². The van der Waals surface area contributed by atoms with Crippen molar-refractivity contribution in [2.24, 2.45) is 0 Å². The molecule has 0 saturated heterocycles. The Balaban J connectivity index is 4.29. The highest BCUT2D eigenvalue weighted by Gasteiger charge is 2.27. The van der Waals surface area contributed by atoms with E-state index in [1.807, 2.05) is 21.1 Å². The summed E-state index contributed by atoms with van der Waals surface area (Å²) in [5, 5.41) is 0. The number of carbonyl (C=O) groups is 2. The predicted octanol–water partition coefficient (Wildman–Crippen LogP) is 14.2. The van der Waals surface area contributed by atoms with Gasteiger partial charge in [0, 0.05) is 12.8 Å². The zero-order valence-electron chi connectivity index (χ0n) is 39.4. The van der Waals surface area contributed by atoms with Gasteiger partial charge in [0.2, 0.25) is 0 Å². The normalized spacial score (nSPS) is 13.9. The molecule has 2 atom stereocenters. The Labute approximate surface area is 369 Å². The van der Waals surface area contributed by atoms with Crippen molar-refractivity contribution in [2.45, 2.75) is 213 Å². The molecule has 0 aromatic rings. The Kier molecular flexibility index (Phi) is 40.8. The number of phosphoric acid groups is 1. The minimum absolute atomic E-state index is 0.0282. The summed E-state index contributed by atoms with van der Waals surface area (Å²) in [5.41, 5.74) is 0. The van der Waals surface area contributed by atoms with Crippen LogP contribution in [0.4, 0.5) is 0 Å². The Morgan fingerprint density at radius 3 is 1.43 bits per heavy atom. The number of hydrogen-bond acceptors (Lipinski definition) is 7. The molecule has 0 spiro atoms. The highest BCUT2D eigenvalue weighted by Crippen LogP contribution is 2.43. The van der Waals surface area contributed by atoms with Crippen LogP contribution in [-0.2, 0) is 32.7 Å². The smallest absolute Gasteiger partial charge is 0.462 e. The lowest BCUT2D eigenvalue weighted by atomic mass is 10.1. The largest absolute Gasteiger partial charge is 0.472 e. The van der Waals surface area contributed by atoms with E-state index in [0.717, 1.165) is 64.2 Å². The first kappa shape index (κ1) is 58.0. The number of nitrogens with zero attached hydrogens (tertiary/aromatic N) is 1. The third-order valence-corrected chi connectivity index (χ3v) is 11.3. The van der Waals surface area contributed by atoms with Gasteiger partial charge in [0.15, 0.2) is 6.10 Å². The quantitative estimate of drug-likeness (QED) is 0.0212. The number of rotatable bonds is 44. The average molecular weight is 867 g/mol. The van der Waals surface area contributed by atoms with Gasteiger partial charge in [-0.1, -0.05) is 172 Å². The van der Waals surface area contributed by atoms with Crippen molar-refractivity contribution in [3.8, 4) is 0 Å². The summed E-state index contributed by atoms with van der Waals surface area (Å²) in [7, 11) is 1.47. The van der Waals surface area contributed by atoms with Crippen molar-refractivity contribution in [1.29, 1.82) is 0 Å². The standard InChI is InChI=1S/C50H92NO8P/c1-6-8-10-12-14-16-18-20-22-24-25-27-28-30-32-34-36-38-40-42-49(52)56-46-48(47-58-60(54,55)57-45-44-51(3,4)5)59-50(53)43-41-39-37-35-33-31-29-26-23-21-19-17-15-13-11-9-7-2/h9,11,15,17,20-23,48H,6-8,10,12-14,16,18-19,24-47H2,1-5H3/p+1/b11-9-,17-15-,22-20-,23-21-. The van der Waals surface area contributed by atoms with Crippen LogP contribution in [0.25, 0.3) is 0 Å². The minimum atomic E-state index is -4.38. The molecule has 350 valence electrons. The summed E-state index contributed by atoms with van der Waals surface area (Å²) in [6.07, 6.45) is 50.1. The van der Waals surface area contributed by atoms with Crippen LogP contribution in [-0.4, -0.2) is 74.9 Å². The molecule has 0 radical (unpaired) electrons. The van der Waals surface area contributed by atoms with Crippen molar-refractivity contribution in [2.75, 3.05) is 47.5 Å². The van der Waals surface area contributed by atoms with Crippen molar-refractivity contribution < 1.29 is 42.1 Å². The zero-order valence-corrected chi connectivity index (χ0v) is 40.3. The second-order valence-electron chi connectivity index (χ2n) is 17.5. The molecule has 1 N–H and O–H groups in total. The fourth-order valence-electron chi connectivity index (χ4n) is 6.55. The van der Waals surface area contributed by atoms with Gasteiger partial charge < -0.3 is 18.9 Å². The third kappa shape index (κ3) is 45.5. The Morgan fingerprint density at radius 1 is 0.533 bits per heavy atom. The molecule has 2 unspecified atom stereocenters. The first-order chi connectivity index (χ1) is 29.0. The number of quaternary nitrogens is 1. The monoisotopic (exact) mass is 867 g/mol. The Morgan fingerprint density at radius 2 is 0.950 bits per heavy atom. The molecule has 9 nitrogen and oxygen atoms in total. The van der Waals surface area contributed by atoms with Gasteiger partial charge in [0.1, 0.15) is 19.8 Å². The van der Waals surface area contributed by atoms with Crippen LogP contribution in [0.3, 0.4) is 0 Å². The highest BCUT2D eigenvalue weighted by molar-refractivity contribution is 7.47. The molecule has 0 aliphatic heterocycles. The number of ether oxygens (including phenoxy) is 2. The molecule has 0 heterocycles. The average Bonchev–Trinajstić information content (AvgIpc) is 3.20. The third-order valence-electron chi connectivity index (χ3n) is 10.3. The van der Waals surface area contributed by atoms with E-state index in [0.29, 0.717) is 17.4 Å². The molecule has 0 rings (SSSR count). The van der Waals surface area contributed by atoms with Crippen molar-refractivity contribution in [3.63, 3.8) is 0 Å². The summed E-state index contributed by atoms with van der Waals surface area (Å²) >= 11 is 0. The number of carbonyl (C=O) groups excluding carboxylic acids is 2. The Bertz CT molecular complexity index is 1160. The predicted molar refractivity (Wildman–Crippen MR) is 252 cm³/mol. The van der Waals surface area contributed by atoms with E-state index >= 15 is 0 Å². The molecular weight excluding hydrogens is 774 g/mol. The molecule has 0 aromatic carbocycles. The van der Waals surface area contributed by atoms with Crippen molar-refractivity contribution in [3.05, 3.63) is 48.6 Å². The number of esters is 2. The van der Waals surface area contributed by atoms with Gasteiger partial charge in [-0.2, -0.15) is 0 Å². The molecule has 0 bridgehead atoms. The van der Waals surface area contributed by atoms with E-state index < -0.39 is 26.5 Å². The molecule has 0 aliphatic carbocycles. The van der Waals surface area contributed by atoms with Crippen molar-refractivity contribution in [1.82, 2.24) is 0 Å². The van der Waals surface area contributed by atoms with E-state index in [4.69, 9.17) is 18.5 Å². The van der Waals surface area contributed by atoms with Gasteiger partial charge in [0.05, 0.1) is 27.7 Å². The number of hydrogen-bond donors (Lipinski definition) is 1. The fraction of sp³-hybridized carbons (Fsp3) is 0.800. The van der Waals surface area contributed by atoms with Gasteiger partial charge in [0.25, 0.3) is 0 Å². The second-order valence-corrected chi connectivity index (χ2v) is 18.9. The summed E-state index contributed by atoms with van der Waals surface area (Å²) in [6.45, 7) is 4.31. The molecule has 10 heteroatoms. The fourth-order valence-corrected chi connectivity index (χ4v) is 7.29. The molecule has 0 saturated carbocycles. The second kappa shape index (κ2) is 42.3. The van der Waals surface area contributed by atoms with E-state index in [1.54, 1.807) is 0 Å². The number of unbranched alkanes of at least 4 members (excludes halogenated alkanes) is 22. The van der Waals surface area contributed by atoms with Gasteiger partial charge in [-0.3, -0.25) is 18.6 Å². The van der Waals surface area contributed by atoms with Crippen molar-refractivity contribution >= 4 is 19.8 Å². The minimum Gasteiger partial charge on any atom is -0.462 e. The molecule has 0 fully saturated rings. The zero-order chi connectivity index (χ0) is 44.3. The maximum atomic E-state index is 12.7. The summed E-state index contributed by atoms with van der Waals surface area (Å²) in [4.78, 5) is 35.5. The summed E-state index contributed by atoms with van der Waals surface area (Å²) < 4.78 is 34.4. The van der Waals surface area contributed by atoms with Crippen LogP contribution in [0.15, 0.2) is 48.6 Å². The van der Waals surface area contributed by atoms with Crippen LogP contribution < -0.4 is 0 Å². The summed E-state index contributed by atoms with van der Waals surface area (Å²) in [5.74, 6) is -0.810. The molecule has 0 amide bonds. The van der Waals surface area contributed by atoms with Gasteiger partial charge >= 0.3 is 19.8 Å². The molecule has 0 aromatic heterocycles. The highest BCUT2D eigenvalue weighted by atomic mass is 31.2. The number of likely N-dealkylation sites (N-methyl/N-ethyl adjacent to an activating group) is 1. The molecule has 60 heavy (non-hydrogen) atoms. The molecule has 0 aliphatic rings. The van der Waals surface area contributed by atoms with Crippen LogP contribution in [0.2, 0.25) is 0 Å². The maximum absolute atomic E-state index is 12.7.